The van der Waals surface area contributed by atoms with Gasteiger partial charge in [0.25, 0.3) is 5.91 Å². The van der Waals surface area contributed by atoms with Gasteiger partial charge < -0.3 is 10.0 Å². The minimum atomic E-state index is -0.936. The van der Waals surface area contributed by atoms with Crippen LogP contribution in [0, 0.1) is 13.8 Å². The molecule has 0 fully saturated rings. The fourth-order valence-corrected chi connectivity index (χ4v) is 2.47. The summed E-state index contributed by atoms with van der Waals surface area (Å²) in [7, 11) is 0. The normalized spacial score (nSPS) is 10.4. The molecule has 0 atom stereocenters. The van der Waals surface area contributed by atoms with Crippen LogP contribution in [0.25, 0.3) is 0 Å². The van der Waals surface area contributed by atoms with Crippen LogP contribution in [0.4, 0.5) is 5.69 Å². The molecule has 0 aliphatic rings. The molecule has 1 aromatic carbocycles. The van der Waals surface area contributed by atoms with Crippen LogP contribution in [0.1, 0.15) is 27.5 Å². The third-order valence-corrected chi connectivity index (χ3v) is 3.75. The van der Waals surface area contributed by atoms with E-state index >= 15 is 0 Å². The molecule has 5 nitrogen and oxygen atoms in total. The van der Waals surface area contributed by atoms with E-state index in [1.54, 1.807) is 5.38 Å². The third kappa shape index (κ3) is 3.88. The number of aromatic nitrogens is 1. The summed E-state index contributed by atoms with van der Waals surface area (Å²) >= 11 is 1.40. The van der Waals surface area contributed by atoms with Crippen LogP contribution in [0.15, 0.2) is 29.6 Å². The number of carboxylic acids is 1. The summed E-state index contributed by atoms with van der Waals surface area (Å²) in [5.74, 6) is -1.21. The summed E-state index contributed by atoms with van der Waals surface area (Å²) in [6.07, 6.45) is -0.108. The van der Waals surface area contributed by atoms with Gasteiger partial charge in [-0.25, -0.2) is 4.98 Å². The van der Waals surface area contributed by atoms with Gasteiger partial charge in [0, 0.05) is 17.6 Å². The molecule has 1 heterocycles. The summed E-state index contributed by atoms with van der Waals surface area (Å²) in [6.45, 7) is 3.90. The van der Waals surface area contributed by atoms with Gasteiger partial charge in [0.05, 0.1) is 11.4 Å². The topological polar surface area (TPSA) is 70.5 Å². The average Bonchev–Trinajstić information content (AvgIpc) is 2.87. The number of aliphatic carboxylic acids is 1. The average molecular weight is 304 g/mol. The Bertz CT molecular complexity index is 649. The van der Waals surface area contributed by atoms with E-state index in [0.29, 0.717) is 11.4 Å². The number of nitrogens with zero attached hydrogens (tertiary/aromatic N) is 2. The molecular formula is C15H16N2O3S. The maximum atomic E-state index is 12.5. The monoisotopic (exact) mass is 304 g/mol. The number of rotatable bonds is 5. The SMILES string of the molecule is Cc1ccc(N(CCC(=O)O)C(=O)c2csc(C)n2)cc1. The van der Waals surface area contributed by atoms with Crippen molar-refractivity contribution >= 4 is 28.9 Å². The second-order valence-corrected chi connectivity index (χ2v) is 5.75. The first kappa shape index (κ1) is 15.2. The molecule has 0 aliphatic carbocycles. The van der Waals surface area contributed by atoms with Gasteiger partial charge in [-0.15, -0.1) is 11.3 Å². The fraction of sp³-hybridized carbons (Fsp3) is 0.267. The number of thiazole rings is 1. The van der Waals surface area contributed by atoms with E-state index in [1.165, 1.54) is 16.2 Å². The highest BCUT2D eigenvalue weighted by Crippen LogP contribution is 2.19. The molecular weight excluding hydrogens is 288 g/mol. The van der Waals surface area contributed by atoms with Crippen LogP contribution in [0.2, 0.25) is 0 Å². The van der Waals surface area contributed by atoms with Crippen molar-refractivity contribution in [1.82, 2.24) is 4.98 Å². The Morgan fingerprint density at radius 3 is 2.43 bits per heavy atom. The van der Waals surface area contributed by atoms with Crippen molar-refractivity contribution in [1.29, 1.82) is 0 Å². The van der Waals surface area contributed by atoms with Crippen molar-refractivity contribution in [2.75, 3.05) is 11.4 Å². The lowest BCUT2D eigenvalue weighted by Gasteiger charge is -2.21. The Labute approximate surface area is 126 Å². The Morgan fingerprint density at radius 1 is 1.24 bits per heavy atom. The van der Waals surface area contributed by atoms with E-state index in [0.717, 1.165) is 10.6 Å². The predicted molar refractivity (Wildman–Crippen MR) is 82.0 cm³/mol. The predicted octanol–water partition coefficient (Wildman–Crippen LogP) is 2.88. The van der Waals surface area contributed by atoms with E-state index in [1.807, 2.05) is 38.1 Å². The molecule has 0 saturated carbocycles. The zero-order valence-electron chi connectivity index (χ0n) is 11.9. The number of anilines is 1. The summed E-state index contributed by atoms with van der Waals surface area (Å²) in [5, 5.41) is 11.4. The Morgan fingerprint density at radius 2 is 1.90 bits per heavy atom. The summed E-state index contributed by atoms with van der Waals surface area (Å²) in [4.78, 5) is 29.0. The van der Waals surface area contributed by atoms with Crippen LogP contribution in [-0.4, -0.2) is 28.5 Å². The maximum absolute atomic E-state index is 12.5. The highest BCUT2D eigenvalue weighted by atomic mass is 32.1. The van der Waals surface area contributed by atoms with Gasteiger partial charge in [-0.3, -0.25) is 9.59 Å². The van der Waals surface area contributed by atoms with E-state index in [9.17, 15) is 9.59 Å². The number of carbonyl (C=O) groups excluding carboxylic acids is 1. The number of carbonyl (C=O) groups is 2. The number of amides is 1. The van der Waals surface area contributed by atoms with Crippen LogP contribution >= 0.6 is 11.3 Å². The molecule has 0 radical (unpaired) electrons. The van der Waals surface area contributed by atoms with Crippen molar-refractivity contribution in [3.8, 4) is 0 Å². The molecule has 1 amide bonds. The molecule has 0 bridgehead atoms. The number of carboxylic acid groups (broad SMARTS) is 1. The van der Waals surface area contributed by atoms with E-state index < -0.39 is 5.97 Å². The minimum absolute atomic E-state index is 0.108. The Balaban J connectivity index is 2.28. The second-order valence-electron chi connectivity index (χ2n) is 4.69. The number of benzene rings is 1. The van der Waals surface area contributed by atoms with Gasteiger partial charge in [-0.05, 0) is 26.0 Å². The minimum Gasteiger partial charge on any atom is -0.481 e. The van der Waals surface area contributed by atoms with E-state index in [2.05, 4.69) is 4.98 Å². The Hall–Kier alpha value is -2.21. The largest absolute Gasteiger partial charge is 0.481 e. The molecule has 2 rings (SSSR count). The lowest BCUT2D eigenvalue weighted by molar-refractivity contribution is -0.136. The van der Waals surface area contributed by atoms with Crippen LogP contribution in [0.3, 0.4) is 0 Å². The summed E-state index contributed by atoms with van der Waals surface area (Å²) in [5.41, 5.74) is 2.11. The standard InChI is InChI=1S/C15H16N2O3S/c1-10-3-5-12(6-4-10)17(8-7-14(18)19)15(20)13-9-21-11(2)16-13/h3-6,9H,7-8H2,1-2H3,(H,18,19). The molecule has 0 unspecified atom stereocenters. The van der Waals surface area contributed by atoms with Crippen LogP contribution in [-0.2, 0) is 4.79 Å². The van der Waals surface area contributed by atoms with Gasteiger partial charge in [0.2, 0.25) is 0 Å². The molecule has 6 heteroatoms. The quantitative estimate of drug-likeness (QED) is 0.922. The molecule has 1 N–H and O–H groups in total. The first-order valence-corrected chi connectivity index (χ1v) is 7.38. The Kier molecular flexibility index (Phi) is 4.70. The van der Waals surface area contributed by atoms with Gasteiger partial charge in [-0.1, -0.05) is 17.7 Å². The van der Waals surface area contributed by atoms with Crippen molar-refractivity contribution in [3.05, 3.63) is 45.9 Å². The third-order valence-electron chi connectivity index (χ3n) is 2.98. The lowest BCUT2D eigenvalue weighted by Crippen LogP contribution is -2.33. The number of hydrogen-bond donors (Lipinski definition) is 1. The van der Waals surface area contributed by atoms with E-state index in [-0.39, 0.29) is 18.9 Å². The molecule has 21 heavy (non-hydrogen) atoms. The summed E-state index contributed by atoms with van der Waals surface area (Å²) < 4.78 is 0. The van der Waals surface area contributed by atoms with Gasteiger partial charge in [0.15, 0.2) is 0 Å². The zero-order valence-corrected chi connectivity index (χ0v) is 12.7. The number of hydrogen-bond acceptors (Lipinski definition) is 4. The van der Waals surface area contributed by atoms with Crippen molar-refractivity contribution in [3.63, 3.8) is 0 Å². The molecule has 0 saturated heterocycles. The lowest BCUT2D eigenvalue weighted by atomic mass is 10.2. The van der Waals surface area contributed by atoms with Crippen LogP contribution in [0.5, 0.6) is 0 Å². The first-order valence-electron chi connectivity index (χ1n) is 6.50. The second kappa shape index (κ2) is 6.49. The molecule has 2 aromatic rings. The molecule has 1 aromatic heterocycles. The fourth-order valence-electron chi connectivity index (χ4n) is 1.88. The smallest absolute Gasteiger partial charge is 0.305 e. The van der Waals surface area contributed by atoms with Crippen molar-refractivity contribution in [2.45, 2.75) is 20.3 Å². The van der Waals surface area contributed by atoms with E-state index in [4.69, 9.17) is 5.11 Å². The van der Waals surface area contributed by atoms with Crippen molar-refractivity contribution in [2.24, 2.45) is 0 Å². The van der Waals surface area contributed by atoms with Crippen LogP contribution < -0.4 is 4.90 Å². The maximum Gasteiger partial charge on any atom is 0.305 e. The van der Waals surface area contributed by atoms with Gasteiger partial charge >= 0.3 is 5.97 Å². The van der Waals surface area contributed by atoms with Crippen molar-refractivity contribution < 1.29 is 14.7 Å². The molecule has 0 spiro atoms. The number of aryl methyl sites for hydroxylation is 2. The zero-order chi connectivity index (χ0) is 15.4. The summed E-state index contributed by atoms with van der Waals surface area (Å²) in [6, 6.07) is 7.41. The van der Waals surface area contributed by atoms with Gasteiger partial charge in [-0.2, -0.15) is 0 Å². The molecule has 110 valence electrons. The highest BCUT2D eigenvalue weighted by molar-refractivity contribution is 7.09. The highest BCUT2D eigenvalue weighted by Gasteiger charge is 2.20. The first-order chi connectivity index (χ1) is 9.97. The molecule has 0 aliphatic heterocycles. The van der Waals surface area contributed by atoms with Gasteiger partial charge in [0.1, 0.15) is 5.69 Å².